The van der Waals surface area contributed by atoms with E-state index >= 15 is 0 Å². The van der Waals surface area contributed by atoms with Crippen LogP contribution >= 0.6 is 27.5 Å². The summed E-state index contributed by atoms with van der Waals surface area (Å²) in [6, 6.07) is 4.83. The fourth-order valence-electron chi connectivity index (χ4n) is 1.51. The van der Waals surface area contributed by atoms with Gasteiger partial charge in [0, 0.05) is 32.1 Å². The molecule has 0 aliphatic rings. The van der Waals surface area contributed by atoms with Crippen LogP contribution in [0.25, 0.3) is 0 Å². The van der Waals surface area contributed by atoms with E-state index in [1.165, 1.54) is 6.07 Å². The van der Waals surface area contributed by atoms with E-state index in [1.54, 1.807) is 19.2 Å². The van der Waals surface area contributed by atoms with Crippen molar-refractivity contribution in [1.29, 1.82) is 0 Å². The normalized spacial score (nSPS) is 11.1. The summed E-state index contributed by atoms with van der Waals surface area (Å²) in [4.78, 5) is 2.22. The molecule has 0 aliphatic heterocycles. The van der Waals surface area contributed by atoms with Gasteiger partial charge < -0.3 is 4.74 Å². The molecule has 0 heterocycles. The molecule has 96 valence electrons. The predicted octanol–water partition coefficient (Wildman–Crippen LogP) is 3.32. The van der Waals surface area contributed by atoms with Gasteiger partial charge >= 0.3 is 0 Å². The van der Waals surface area contributed by atoms with E-state index in [4.69, 9.17) is 16.3 Å². The molecule has 5 heteroatoms. The zero-order valence-corrected chi connectivity index (χ0v) is 12.1. The smallest absolute Gasteiger partial charge is 0.141 e. The molecule has 0 N–H and O–H groups in total. The number of methoxy groups -OCH3 is 1. The Morgan fingerprint density at radius 2 is 2.18 bits per heavy atom. The summed E-state index contributed by atoms with van der Waals surface area (Å²) >= 11 is 9.16. The molecule has 0 fully saturated rings. The van der Waals surface area contributed by atoms with Crippen LogP contribution in [-0.2, 0) is 11.3 Å². The van der Waals surface area contributed by atoms with Crippen molar-refractivity contribution in [2.75, 3.05) is 32.1 Å². The Labute approximate surface area is 115 Å². The number of alkyl halides is 1. The number of nitrogens with zero attached hydrogens (tertiary/aromatic N) is 1. The van der Waals surface area contributed by atoms with E-state index < -0.39 is 0 Å². The molecule has 0 atom stereocenters. The van der Waals surface area contributed by atoms with Crippen LogP contribution in [0.5, 0.6) is 0 Å². The Hall–Kier alpha value is -0.160. The van der Waals surface area contributed by atoms with Crippen molar-refractivity contribution in [3.63, 3.8) is 0 Å². The maximum Gasteiger partial charge on any atom is 0.141 e. The number of ether oxygens (including phenoxy) is 1. The largest absolute Gasteiger partial charge is 0.383 e. The Morgan fingerprint density at radius 3 is 2.76 bits per heavy atom. The Morgan fingerprint density at radius 1 is 1.41 bits per heavy atom. The van der Waals surface area contributed by atoms with Crippen LogP contribution < -0.4 is 0 Å². The minimum absolute atomic E-state index is 0.174. The van der Waals surface area contributed by atoms with Crippen LogP contribution in [0.4, 0.5) is 4.39 Å². The third-order valence-corrected chi connectivity index (χ3v) is 3.05. The molecule has 0 aliphatic carbocycles. The van der Waals surface area contributed by atoms with Crippen LogP contribution in [0, 0.1) is 5.82 Å². The quantitative estimate of drug-likeness (QED) is 0.713. The van der Waals surface area contributed by atoms with Gasteiger partial charge in [0.2, 0.25) is 0 Å². The molecule has 0 aromatic heterocycles. The number of rotatable bonds is 7. The molecule has 1 aromatic carbocycles. The third-order valence-electron chi connectivity index (χ3n) is 2.40. The third kappa shape index (κ3) is 5.34. The molecule has 0 amide bonds. The van der Waals surface area contributed by atoms with Crippen molar-refractivity contribution in [3.05, 3.63) is 34.6 Å². The van der Waals surface area contributed by atoms with Crippen molar-refractivity contribution in [1.82, 2.24) is 4.90 Å². The molecule has 1 aromatic rings. The maximum absolute atomic E-state index is 13.0. The van der Waals surface area contributed by atoms with Gasteiger partial charge in [-0.3, -0.25) is 4.90 Å². The van der Waals surface area contributed by atoms with Crippen LogP contribution in [-0.4, -0.2) is 37.0 Å². The van der Waals surface area contributed by atoms with Gasteiger partial charge in [0.1, 0.15) is 5.82 Å². The lowest BCUT2D eigenvalue weighted by molar-refractivity contribution is 0.148. The summed E-state index contributed by atoms with van der Waals surface area (Å²) in [7, 11) is 1.68. The molecule has 0 unspecified atom stereocenters. The van der Waals surface area contributed by atoms with Crippen LogP contribution in [0.15, 0.2) is 18.2 Å². The van der Waals surface area contributed by atoms with Crippen molar-refractivity contribution in [3.8, 4) is 0 Å². The average Bonchev–Trinajstić information content (AvgIpc) is 2.31. The molecular weight excluding hydrogens is 308 g/mol. The van der Waals surface area contributed by atoms with E-state index in [2.05, 4.69) is 20.8 Å². The Kier molecular flexibility index (Phi) is 7.04. The van der Waals surface area contributed by atoms with E-state index in [9.17, 15) is 4.39 Å². The topological polar surface area (TPSA) is 12.5 Å². The lowest BCUT2D eigenvalue weighted by atomic mass is 10.2. The highest BCUT2D eigenvalue weighted by molar-refractivity contribution is 9.09. The maximum atomic E-state index is 13.0. The van der Waals surface area contributed by atoms with Gasteiger partial charge in [-0.15, -0.1) is 0 Å². The van der Waals surface area contributed by atoms with E-state index in [0.29, 0.717) is 6.61 Å². The summed E-state index contributed by atoms with van der Waals surface area (Å²) in [5.41, 5.74) is 1.01. The molecule has 2 nitrogen and oxygen atoms in total. The average molecular weight is 325 g/mol. The van der Waals surface area contributed by atoms with Crippen molar-refractivity contribution in [2.45, 2.75) is 6.54 Å². The first-order chi connectivity index (χ1) is 8.17. The van der Waals surface area contributed by atoms with Gasteiger partial charge in [-0.25, -0.2) is 4.39 Å². The highest BCUT2D eigenvalue weighted by Crippen LogP contribution is 2.17. The number of benzene rings is 1. The number of hydrogen-bond donors (Lipinski definition) is 0. The van der Waals surface area contributed by atoms with Gasteiger partial charge in [-0.05, 0) is 17.7 Å². The van der Waals surface area contributed by atoms with Gasteiger partial charge in [0.05, 0.1) is 11.6 Å². The van der Waals surface area contributed by atoms with E-state index in [-0.39, 0.29) is 10.8 Å². The molecular formula is C12H16BrClFNO. The minimum Gasteiger partial charge on any atom is -0.383 e. The standard InChI is InChI=1S/C12H16BrClFNO/c1-17-7-6-16(5-4-13)9-10-2-3-12(15)11(14)8-10/h2-3,8H,4-7,9H2,1H3. The first-order valence-electron chi connectivity index (χ1n) is 5.38. The van der Waals surface area contributed by atoms with Crippen LogP contribution in [0.3, 0.4) is 0 Å². The molecule has 0 saturated carbocycles. The summed E-state index contributed by atoms with van der Waals surface area (Å²) in [5, 5.41) is 1.07. The predicted molar refractivity (Wildman–Crippen MR) is 72.4 cm³/mol. The van der Waals surface area contributed by atoms with Crippen molar-refractivity contribution >= 4 is 27.5 Å². The van der Waals surface area contributed by atoms with Crippen molar-refractivity contribution in [2.24, 2.45) is 0 Å². The summed E-state index contributed by atoms with van der Waals surface area (Å²) in [6.45, 7) is 3.19. The Balaban J connectivity index is 2.61. The zero-order chi connectivity index (χ0) is 12.7. The van der Waals surface area contributed by atoms with E-state index in [0.717, 1.165) is 30.5 Å². The SMILES string of the molecule is COCCN(CCBr)Cc1ccc(F)c(Cl)c1. The summed E-state index contributed by atoms with van der Waals surface area (Å²) < 4.78 is 18.1. The lowest BCUT2D eigenvalue weighted by Gasteiger charge is -2.21. The minimum atomic E-state index is -0.376. The highest BCUT2D eigenvalue weighted by atomic mass is 79.9. The summed E-state index contributed by atoms with van der Waals surface area (Å²) in [6.07, 6.45) is 0. The fourth-order valence-corrected chi connectivity index (χ4v) is 2.21. The second-order valence-electron chi connectivity index (χ2n) is 3.71. The molecule has 0 radical (unpaired) electrons. The molecule has 0 bridgehead atoms. The second kappa shape index (κ2) is 8.03. The second-order valence-corrected chi connectivity index (χ2v) is 4.91. The monoisotopic (exact) mass is 323 g/mol. The van der Waals surface area contributed by atoms with Gasteiger partial charge in [0.15, 0.2) is 0 Å². The first-order valence-corrected chi connectivity index (χ1v) is 6.88. The zero-order valence-electron chi connectivity index (χ0n) is 9.76. The van der Waals surface area contributed by atoms with Gasteiger partial charge in [-0.1, -0.05) is 33.6 Å². The highest BCUT2D eigenvalue weighted by Gasteiger charge is 2.07. The Bertz CT molecular complexity index is 351. The molecule has 1 rings (SSSR count). The molecule has 0 spiro atoms. The summed E-state index contributed by atoms with van der Waals surface area (Å²) in [5.74, 6) is -0.376. The first kappa shape index (κ1) is 14.9. The molecule has 17 heavy (non-hydrogen) atoms. The van der Waals surface area contributed by atoms with Crippen molar-refractivity contribution < 1.29 is 9.13 Å². The van der Waals surface area contributed by atoms with Gasteiger partial charge in [-0.2, -0.15) is 0 Å². The van der Waals surface area contributed by atoms with Crippen LogP contribution in [0.1, 0.15) is 5.56 Å². The lowest BCUT2D eigenvalue weighted by Crippen LogP contribution is -2.28. The fraction of sp³-hybridized carbons (Fsp3) is 0.500. The number of halogens is 3. The number of hydrogen-bond acceptors (Lipinski definition) is 2. The van der Waals surface area contributed by atoms with Crippen LogP contribution in [0.2, 0.25) is 5.02 Å². The van der Waals surface area contributed by atoms with E-state index in [1.807, 2.05) is 0 Å². The van der Waals surface area contributed by atoms with Gasteiger partial charge in [0.25, 0.3) is 0 Å². The molecule has 0 saturated heterocycles.